The number of fused-ring (bicyclic) bond motifs is 1. The molecule has 0 saturated carbocycles. The van der Waals surface area contributed by atoms with Crippen LogP contribution < -0.4 is 22.1 Å². The summed E-state index contributed by atoms with van der Waals surface area (Å²) >= 11 is 0. The Morgan fingerprint density at radius 2 is 1.91 bits per heavy atom. The summed E-state index contributed by atoms with van der Waals surface area (Å²) in [5, 5.41) is 5.27. The van der Waals surface area contributed by atoms with Crippen molar-refractivity contribution in [3.63, 3.8) is 0 Å². The number of carbonyl (C=O) groups excluding carboxylic acids is 1. The first-order valence-corrected chi connectivity index (χ1v) is 10.4. The minimum atomic E-state index is -0.804. The number of nitrogens with zero attached hydrogens (tertiary/aromatic N) is 3. The second-order valence-electron chi connectivity index (χ2n) is 7.51. The molecule has 0 aliphatic heterocycles. The molecule has 2 amide bonds. The van der Waals surface area contributed by atoms with E-state index in [9.17, 15) is 9.18 Å². The molecule has 0 saturated heterocycles. The SMILES string of the molecule is COCCn1nc(N)c2c(-c3ccc(N(C(N)=O)c4cc(CN)ccc4F)cc3)cccc21. The molecule has 0 bridgehead atoms. The summed E-state index contributed by atoms with van der Waals surface area (Å²) in [6, 6.07) is 16.5. The first-order chi connectivity index (χ1) is 15.9. The number of ether oxygens (including phenoxy) is 1. The van der Waals surface area contributed by atoms with E-state index in [1.54, 1.807) is 25.3 Å². The number of nitrogen functional groups attached to an aromatic ring is 1. The van der Waals surface area contributed by atoms with Crippen LogP contribution in [0.1, 0.15) is 5.56 Å². The van der Waals surface area contributed by atoms with Gasteiger partial charge in [0.15, 0.2) is 5.82 Å². The zero-order chi connectivity index (χ0) is 23.5. The third kappa shape index (κ3) is 4.23. The fourth-order valence-electron chi connectivity index (χ4n) is 3.88. The fourth-order valence-corrected chi connectivity index (χ4v) is 3.88. The summed E-state index contributed by atoms with van der Waals surface area (Å²) in [4.78, 5) is 13.3. The summed E-state index contributed by atoms with van der Waals surface area (Å²) in [6.07, 6.45) is 0. The van der Waals surface area contributed by atoms with Crippen LogP contribution in [-0.4, -0.2) is 29.5 Å². The highest BCUT2D eigenvalue weighted by atomic mass is 19.1. The molecule has 33 heavy (non-hydrogen) atoms. The molecule has 1 aromatic heterocycles. The quantitative estimate of drug-likeness (QED) is 0.397. The Bertz CT molecular complexity index is 1300. The number of benzene rings is 3. The maximum absolute atomic E-state index is 14.5. The van der Waals surface area contributed by atoms with Crippen molar-refractivity contribution in [1.29, 1.82) is 0 Å². The molecule has 6 N–H and O–H groups in total. The number of hydrogen-bond acceptors (Lipinski definition) is 5. The van der Waals surface area contributed by atoms with Crippen LogP contribution in [0.3, 0.4) is 0 Å². The van der Waals surface area contributed by atoms with Gasteiger partial charge in [-0.05, 0) is 47.0 Å². The van der Waals surface area contributed by atoms with Gasteiger partial charge in [0.05, 0.1) is 35.4 Å². The Morgan fingerprint density at radius 3 is 2.58 bits per heavy atom. The number of aromatic nitrogens is 2. The number of hydrogen-bond donors (Lipinski definition) is 3. The van der Waals surface area contributed by atoms with Gasteiger partial charge in [-0.25, -0.2) is 9.18 Å². The zero-order valence-corrected chi connectivity index (χ0v) is 18.2. The molecule has 9 heteroatoms. The van der Waals surface area contributed by atoms with Gasteiger partial charge in [0.1, 0.15) is 5.82 Å². The Labute approximate surface area is 190 Å². The normalized spacial score (nSPS) is 11.1. The topological polar surface area (TPSA) is 125 Å². The van der Waals surface area contributed by atoms with Crippen LogP contribution in [-0.2, 0) is 17.8 Å². The van der Waals surface area contributed by atoms with Crippen molar-refractivity contribution >= 4 is 34.1 Å². The molecular weight excluding hydrogens is 423 g/mol. The van der Waals surface area contributed by atoms with E-state index < -0.39 is 11.8 Å². The van der Waals surface area contributed by atoms with Gasteiger partial charge in [-0.3, -0.25) is 9.58 Å². The Balaban J connectivity index is 1.75. The average Bonchev–Trinajstić information content (AvgIpc) is 3.15. The predicted molar refractivity (Wildman–Crippen MR) is 127 cm³/mol. The minimum absolute atomic E-state index is 0.0453. The van der Waals surface area contributed by atoms with E-state index in [0.29, 0.717) is 30.2 Å². The third-order valence-electron chi connectivity index (χ3n) is 5.46. The average molecular weight is 449 g/mol. The predicted octanol–water partition coefficient (Wildman–Crippen LogP) is 3.75. The number of halogens is 1. The largest absolute Gasteiger partial charge is 0.383 e. The molecule has 1 heterocycles. The van der Waals surface area contributed by atoms with Crippen LogP contribution in [0.15, 0.2) is 60.7 Å². The summed E-state index contributed by atoms with van der Waals surface area (Å²) in [5.74, 6) is -0.156. The molecule has 3 aromatic carbocycles. The van der Waals surface area contributed by atoms with Crippen LogP contribution >= 0.6 is 0 Å². The molecule has 0 atom stereocenters. The van der Waals surface area contributed by atoms with E-state index in [-0.39, 0.29) is 12.2 Å². The number of rotatable bonds is 7. The number of anilines is 3. The van der Waals surface area contributed by atoms with Crippen molar-refractivity contribution in [2.45, 2.75) is 13.1 Å². The lowest BCUT2D eigenvalue weighted by Gasteiger charge is -2.22. The lowest BCUT2D eigenvalue weighted by molar-refractivity contribution is 0.185. The molecule has 0 radical (unpaired) electrons. The monoisotopic (exact) mass is 448 g/mol. The maximum Gasteiger partial charge on any atom is 0.323 e. The maximum atomic E-state index is 14.5. The van der Waals surface area contributed by atoms with Crippen molar-refractivity contribution in [3.8, 4) is 11.1 Å². The number of urea groups is 1. The highest BCUT2D eigenvalue weighted by Crippen LogP contribution is 2.35. The van der Waals surface area contributed by atoms with E-state index in [1.165, 1.54) is 12.1 Å². The van der Waals surface area contributed by atoms with E-state index in [0.717, 1.165) is 26.9 Å². The highest BCUT2D eigenvalue weighted by Gasteiger charge is 2.20. The summed E-state index contributed by atoms with van der Waals surface area (Å²) in [6.45, 7) is 1.30. The molecule has 0 aliphatic rings. The Kier molecular flexibility index (Phi) is 6.25. The summed E-state index contributed by atoms with van der Waals surface area (Å²) < 4.78 is 21.5. The Morgan fingerprint density at radius 1 is 1.15 bits per heavy atom. The fraction of sp³-hybridized carbons (Fsp3) is 0.167. The van der Waals surface area contributed by atoms with E-state index in [1.807, 2.05) is 35.0 Å². The minimum Gasteiger partial charge on any atom is -0.383 e. The smallest absolute Gasteiger partial charge is 0.323 e. The number of amides is 2. The van der Waals surface area contributed by atoms with Crippen molar-refractivity contribution in [2.24, 2.45) is 11.5 Å². The molecule has 0 unspecified atom stereocenters. The lowest BCUT2D eigenvalue weighted by Crippen LogP contribution is -2.32. The van der Waals surface area contributed by atoms with Gasteiger partial charge in [-0.2, -0.15) is 5.10 Å². The van der Waals surface area contributed by atoms with Crippen LogP contribution in [0.25, 0.3) is 22.0 Å². The molecule has 0 aliphatic carbocycles. The zero-order valence-electron chi connectivity index (χ0n) is 18.2. The summed E-state index contributed by atoms with van der Waals surface area (Å²) in [5.41, 5.74) is 21.3. The van der Waals surface area contributed by atoms with E-state index in [2.05, 4.69) is 5.10 Å². The van der Waals surface area contributed by atoms with Crippen molar-refractivity contribution in [1.82, 2.24) is 9.78 Å². The first-order valence-electron chi connectivity index (χ1n) is 10.4. The van der Waals surface area contributed by atoms with Gasteiger partial charge in [0.25, 0.3) is 0 Å². The van der Waals surface area contributed by atoms with E-state index in [4.69, 9.17) is 21.9 Å². The first kappa shape index (κ1) is 22.3. The molecule has 8 nitrogen and oxygen atoms in total. The van der Waals surface area contributed by atoms with Gasteiger partial charge in [-0.15, -0.1) is 0 Å². The van der Waals surface area contributed by atoms with Gasteiger partial charge in [-0.1, -0.05) is 30.3 Å². The van der Waals surface area contributed by atoms with Crippen LogP contribution in [0.5, 0.6) is 0 Å². The van der Waals surface area contributed by atoms with Crippen molar-refractivity contribution in [3.05, 3.63) is 72.0 Å². The number of methoxy groups -OCH3 is 1. The second kappa shape index (κ2) is 9.27. The molecular formula is C24H25FN6O2. The number of nitrogens with two attached hydrogens (primary N) is 3. The Hall–Kier alpha value is -3.95. The van der Waals surface area contributed by atoms with Crippen molar-refractivity contribution in [2.75, 3.05) is 24.4 Å². The third-order valence-corrected chi connectivity index (χ3v) is 5.46. The number of primary amides is 1. The molecule has 0 spiro atoms. The standard InChI is InChI=1S/C24H25FN6O2/c1-33-12-11-30-20-4-2-3-18(22(20)23(27)29-30)16-6-8-17(9-7-16)31(24(28)32)21-13-15(14-26)5-10-19(21)25/h2-10,13H,11-12,14,26H2,1H3,(H2,27,29)(H2,28,32). The molecule has 0 fully saturated rings. The second-order valence-corrected chi connectivity index (χ2v) is 7.51. The van der Waals surface area contributed by atoms with E-state index >= 15 is 0 Å². The van der Waals surface area contributed by atoms with Crippen molar-refractivity contribution < 1.29 is 13.9 Å². The summed E-state index contributed by atoms with van der Waals surface area (Å²) in [7, 11) is 1.63. The lowest BCUT2D eigenvalue weighted by atomic mass is 10.0. The van der Waals surface area contributed by atoms with Gasteiger partial charge < -0.3 is 21.9 Å². The van der Waals surface area contributed by atoms with Crippen LogP contribution in [0.4, 0.5) is 26.4 Å². The molecule has 4 rings (SSSR count). The van der Waals surface area contributed by atoms with Crippen LogP contribution in [0, 0.1) is 5.82 Å². The van der Waals surface area contributed by atoms with Gasteiger partial charge >= 0.3 is 6.03 Å². The van der Waals surface area contributed by atoms with Crippen LogP contribution in [0.2, 0.25) is 0 Å². The molecule has 170 valence electrons. The number of carbonyl (C=O) groups is 1. The van der Waals surface area contributed by atoms with Gasteiger partial charge in [0, 0.05) is 13.7 Å². The van der Waals surface area contributed by atoms with Gasteiger partial charge in [0.2, 0.25) is 0 Å². The highest BCUT2D eigenvalue weighted by molar-refractivity contribution is 6.03. The molecule has 4 aromatic rings.